The second kappa shape index (κ2) is 14.4. The molecule has 2 aromatic carbocycles. The maximum Gasteiger partial charge on any atom is 0.410 e. The predicted octanol–water partition coefficient (Wildman–Crippen LogP) is 7.25. The molecule has 6 rings (SSSR count). The minimum absolute atomic E-state index is 0.0941. The van der Waals surface area contributed by atoms with E-state index < -0.39 is 17.7 Å². The molecule has 3 amide bonds. The average Bonchev–Trinajstić information content (AvgIpc) is 3.92. The van der Waals surface area contributed by atoms with Crippen LogP contribution in [0, 0.1) is 5.92 Å². The van der Waals surface area contributed by atoms with E-state index in [0.717, 1.165) is 71.0 Å². The van der Waals surface area contributed by atoms with E-state index in [-0.39, 0.29) is 30.0 Å². The number of methoxy groups -OCH3 is 1. The van der Waals surface area contributed by atoms with Crippen LogP contribution < -0.4 is 5.32 Å². The highest BCUT2D eigenvalue weighted by Crippen LogP contribution is 2.35. The van der Waals surface area contributed by atoms with Gasteiger partial charge in [-0.1, -0.05) is 62.4 Å². The monoisotopic (exact) mass is 681 g/mol. The number of hydrogen-bond acceptors (Lipinski definition) is 7. The van der Waals surface area contributed by atoms with E-state index in [0.29, 0.717) is 13.1 Å². The molecule has 50 heavy (non-hydrogen) atoms. The lowest BCUT2D eigenvalue weighted by Gasteiger charge is -2.30. The molecule has 12 nitrogen and oxygen atoms in total. The number of aromatic amines is 2. The molecular weight excluding hydrogens is 634 g/mol. The van der Waals surface area contributed by atoms with Crippen molar-refractivity contribution in [2.45, 2.75) is 84.0 Å². The minimum atomic E-state index is -0.676. The fourth-order valence-electron chi connectivity index (χ4n) is 6.77. The maximum atomic E-state index is 13.5. The smallest absolute Gasteiger partial charge is 0.410 e. The van der Waals surface area contributed by atoms with Crippen molar-refractivity contribution in [3.05, 3.63) is 72.6 Å². The van der Waals surface area contributed by atoms with Gasteiger partial charge in [-0.15, -0.1) is 0 Å². The second-order valence-corrected chi connectivity index (χ2v) is 14.4. The number of aromatic nitrogens is 4. The third-order valence-corrected chi connectivity index (χ3v) is 9.36. The lowest BCUT2D eigenvalue weighted by Crippen LogP contribution is -2.51. The van der Waals surface area contributed by atoms with Gasteiger partial charge in [0, 0.05) is 13.1 Å². The summed E-state index contributed by atoms with van der Waals surface area (Å²) in [5, 5.41) is 2.69. The standard InChI is InChI=1S/C38H47N7O5/c1-23(2)32(43-36(47)49-6)35(46)44-19-7-9-30(44)33-39-21-28(41-33)26-15-11-24(12-16-26)25-13-17-27(18-14-25)29-22-40-34(42-29)31-10-8-20-45(31)37(48)50-38(3,4)5/h11-18,21-23,30-32H,7-10,19-20H2,1-6H3,(H,39,41)(H,40,42)(H,43,47)/t30-,31-,32?/m0/s1. The number of rotatable bonds is 8. The van der Waals surface area contributed by atoms with E-state index in [2.05, 4.69) is 73.8 Å². The number of carbonyl (C=O) groups is 3. The summed E-state index contributed by atoms with van der Waals surface area (Å²) < 4.78 is 10.4. The van der Waals surface area contributed by atoms with Gasteiger partial charge in [-0.3, -0.25) is 9.69 Å². The zero-order valence-electron chi connectivity index (χ0n) is 29.7. The molecule has 3 atom stereocenters. The average molecular weight is 682 g/mol. The van der Waals surface area contributed by atoms with Gasteiger partial charge in [0.1, 0.15) is 23.3 Å². The summed E-state index contributed by atoms with van der Waals surface area (Å²) in [4.78, 5) is 58.0. The number of imidazole rings is 2. The van der Waals surface area contributed by atoms with Crippen molar-refractivity contribution in [3.8, 4) is 33.6 Å². The molecule has 0 spiro atoms. The third kappa shape index (κ3) is 7.54. The Balaban J connectivity index is 1.11. The highest BCUT2D eigenvalue weighted by Gasteiger charge is 2.38. The Morgan fingerprint density at radius 3 is 1.70 bits per heavy atom. The minimum Gasteiger partial charge on any atom is -0.453 e. The van der Waals surface area contributed by atoms with Gasteiger partial charge >= 0.3 is 12.2 Å². The van der Waals surface area contributed by atoms with Crippen molar-refractivity contribution < 1.29 is 23.9 Å². The van der Waals surface area contributed by atoms with Crippen molar-refractivity contribution in [2.24, 2.45) is 5.92 Å². The zero-order valence-corrected chi connectivity index (χ0v) is 29.7. The fourth-order valence-corrected chi connectivity index (χ4v) is 6.77. The predicted molar refractivity (Wildman–Crippen MR) is 190 cm³/mol. The summed E-state index contributed by atoms with van der Waals surface area (Å²) >= 11 is 0. The SMILES string of the molecule is COC(=O)NC(C(=O)N1CCC[C@H]1c1ncc(-c2ccc(-c3ccc(-c4cnc([C@@H]5CCCN5C(=O)OC(C)(C)C)[nH]4)cc3)cc2)[nH]1)C(C)C. The van der Waals surface area contributed by atoms with Gasteiger partial charge < -0.3 is 29.7 Å². The number of H-pyrrole nitrogens is 2. The van der Waals surface area contributed by atoms with E-state index in [1.165, 1.54) is 7.11 Å². The highest BCUT2D eigenvalue weighted by atomic mass is 16.6. The van der Waals surface area contributed by atoms with Crippen molar-refractivity contribution in [3.63, 3.8) is 0 Å². The van der Waals surface area contributed by atoms with Crippen LogP contribution in [0.4, 0.5) is 9.59 Å². The number of hydrogen-bond donors (Lipinski definition) is 3. The summed E-state index contributed by atoms with van der Waals surface area (Å²) in [5.74, 6) is 1.28. The Bertz CT molecular complexity index is 1810. The van der Waals surface area contributed by atoms with Gasteiger partial charge in [0.15, 0.2) is 0 Å². The molecule has 0 aliphatic carbocycles. The van der Waals surface area contributed by atoms with Crippen molar-refractivity contribution in [1.82, 2.24) is 35.1 Å². The molecule has 2 aromatic heterocycles. The molecule has 2 fully saturated rings. The van der Waals surface area contributed by atoms with Crippen molar-refractivity contribution in [2.75, 3.05) is 20.2 Å². The van der Waals surface area contributed by atoms with Crippen molar-refractivity contribution in [1.29, 1.82) is 0 Å². The summed E-state index contributed by atoms with van der Waals surface area (Å²) in [6.07, 6.45) is 6.11. The highest BCUT2D eigenvalue weighted by molar-refractivity contribution is 5.86. The number of ether oxygens (including phenoxy) is 2. The first kappa shape index (κ1) is 34.7. The number of amides is 3. The first-order valence-electron chi connectivity index (χ1n) is 17.4. The number of alkyl carbamates (subject to hydrolysis) is 1. The summed E-state index contributed by atoms with van der Waals surface area (Å²) in [6, 6.07) is 15.6. The Morgan fingerprint density at radius 2 is 1.24 bits per heavy atom. The largest absolute Gasteiger partial charge is 0.453 e. The first-order valence-corrected chi connectivity index (χ1v) is 17.4. The van der Waals surface area contributed by atoms with Crippen LogP contribution in [0.15, 0.2) is 60.9 Å². The summed E-state index contributed by atoms with van der Waals surface area (Å²) in [7, 11) is 1.29. The molecule has 264 valence electrons. The van der Waals surface area contributed by atoms with Crippen LogP contribution in [-0.2, 0) is 14.3 Å². The normalized spacial score (nSPS) is 18.4. The van der Waals surface area contributed by atoms with Gasteiger partial charge in [-0.2, -0.15) is 0 Å². The van der Waals surface area contributed by atoms with E-state index in [9.17, 15) is 14.4 Å². The molecule has 4 heterocycles. The molecule has 0 bridgehead atoms. The number of benzene rings is 2. The third-order valence-electron chi connectivity index (χ3n) is 9.36. The van der Waals surface area contributed by atoms with Crippen LogP contribution in [-0.4, -0.2) is 79.7 Å². The van der Waals surface area contributed by atoms with Gasteiger partial charge in [0.25, 0.3) is 0 Å². The molecule has 2 aliphatic heterocycles. The van der Waals surface area contributed by atoms with E-state index in [1.54, 1.807) is 4.90 Å². The van der Waals surface area contributed by atoms with Crippen LogP contribution in [0.2, 0.25) is 0 Å². The molecule has 3 N–H and O–H groups in total. The van der Waals surface area contributed by atoms with Crippen molar-refractivity contribution >= 4 is 18.1 Å². The molecule has 2 saturated heterocycles. The van der Waals surface area contributed by atoms with Crippen LogP contribution >= 0.6 is 0 Å². The van der Waals surface area contributed by atoms with Gasteiger partial charge in [0.05, 0.1) is 43.0 Å². The van der Waals surface area contributed by atoms with Crippen LogP contribution in [0.5, 0.6) is 0 Å². The quantitative estimate of drug-likeness (QED) is 0.178. The molecule has 0 saturated carbocycles. The molecule has 12 heteroatoms. The van der Waals surface area contributed by atoms with Gasteiger partial charge in [0.2, 0.25) is 5.91 Å². The molecule has 0 radical (unpaired) electrons. The number of nitrogens with one attached hydrogen (secondary N) is 3. The molecular formula is C38H47N7O5. The summed E-state index contributed by atoms with van der Waals surface area (Å²) in [6.45, 7) is 10.7. The van der Waals surface area contributed by atoms with Gasteiger partial charge in [-0.25, -0.2) is 19.6 Å². The Morgan fingerprint density at radius 1 is 0.780 bits per heavy atom. The first-order chi connectivity index (χ1) is 23.9. The van der Waals surface area contributed by atoms with E-state index in [1.807, 2.05) is 51.9 Å². The number of likely N-dealkylation sites (tertiary alicyclic amines) is 2. The second-order valence-electron chi connectivity index (χ2n) is 14.4. The number of carbonyl (C=O) groups excluding carboxylic acids is 3. The summed E-state index contributed by atoms with van der Waals surface area (Å²) in [5.41, 5.74) is 5.38. The topological polar surface area (TPSA) is 146 Å². The Labute approximate surface area is 293 Å². The van der Waals surface area contributed by atoms with Crippen LogP contribution in [0.3, 0.4) is 0 Å². The lowest BCUT2D eigenvalue weighted by atomic mass is 10.0. The molecule has 2 aliphatic rings. The van der Waals surface area contributed by atoms with E-state index in [4.69, 9.17) is 9.47 Å². The van der Waals surface area contributed by atoms with Gasteiger partial charge in [-0.05, 0) is 74.6 Å². The Hall–Kier alpha value is -5.13. The molecule has 4 aromatic rings. The lowest BCUT2D eigenvalue weighted by molar-refractivity contribution is -0.135. The molecule has 1 unspecified atom stereocenters. The number of nitrogens with zero attached hydrogens (tertiary/aromatic N) is 4. The fraction of sp³-hybridized carbons (Fsp3) is 0.447. The van der Waals surface area contributed by atoms with Crippen LogP contribution in [0.1, 0.15) is 84.0 Å². The zero-order chi connectivity index (χ0) is 35.6. The van der Waals surface area contributed by atoms with E-state index >= 15 is 0 Å². The maximum absolute atomic E-state index is 13.5. The Kier molecular flexibility index (Phi) is 9.99. The van der Waals surface area contributed by atoms with Crippen LogP contribution in [0.25, 0.3) is 33.6 Å².